The van der Waals surface area contributed by atoms with Crippen molar-refractivity contribution in [1.82, 2.24) is 10.6 Å². The van der Waals surface area contributed by atoms with E-state index in [0.29, 0.717) is 5.02 Å². The van der Waals surface area contributed by atoms with Gasteiger partial charge in [0.2, 0.25) is 0 Å². The van der Waals surface area contributed by atoms with Crippen LogP contribution in [0.15, 0.2) is 18.2 Å². The van der Waals surface area contributed by atoms with E-state index in [1.54, 1.807) is 0 Å². The number of carbonyl (C=O) groups excluding carboxylic acids is 3. The van der Waals surface area contributed by atoms with E-state index in [9.17, 15) is 14.4 Å². The first-order valence-corrected chi connectivity index (χ1v) is 5.83. The van der Waals surface area contributed by atoms with Crippen LogP contribution < -0.4 is 10.6 Å². The number of nitrogens with one attached hydrogen (secondary N) is 2. The molecule has 0 heterocycles. The van der Waals surface area contributed by atoms with Gasteiger partial charge in [-0.1, -0.05) is 23.2 Å². The van der Waals surface area contributed by atoms with Crippen LogP contribution in [0.4, 0.5) is 4.79 Å². The van der Waals surface area contributed by atoms with Gasteiger partial charge in [0.15, 0.2) is 6.61 Å². The van der Waals surface area contributed by atoms with Gasteiger partial charge >= 0.3 is 12.0 Å². The van der Waals surface area contributed by atoms with Gasteiger partial charge in [0.05, 0.1) is 10.6 Å². The van der Waals surface area contributed by atoms with Crippen molar-refractivity contribution in [1.29, 1.82) is 0 Å². The number of hydrogen-bond acceptors (Lipinski definition) is 4. The average molecular weight is 305 g/mol. The second-order valence-corrected chi connectivity index (χ2v) is 4.17. The van der Waals surface area contributed by atoms with Gasteiger partial charge in [-0.2, -0.15) is 0 Å². The highest BCUT2D eigenvalue weighted by molar-refractivity contribution is 6.36. The zero-order valence-electron chi connectivity index (χ0n) is 9.83. The Morgan fingerprint density at radius 1 is 1.26 bits per heavy atom. The van der Waals surface area contributed by atoms with E-state index in [4.69, 9.17) is 27.9 Å². The van der Waals surface area contributed by atoms with Crippen molar-refractivity contribution in [3.63, 3.8) is 0 Å². The summed E-state index contributed by atoms with van der Waals surface area (Å²) in [6.07, 6.45) is 0. The van der Waals surface area contributed by atoms with Gasteiger partial charge in [0.1, 0.15) is 0 Å². The third kappa shape index (κ3) is 4.76. The van der Waals surface area contributed by atoms with Crippen LogP contribution in [0.3, 0.4) is 0 Å². The smallest absolute Gasteiger partial charge is 0.340 e. The molecule has 1 aromatic carbocycles. The van der Waals surface area contributed by atoms with Crippen LogP contribution in [0.1, 0.15) is 10.4 Å². The highest BCUT2D eigenvalue weighted by atomic mass is 35.5. The number of ether oxygens (including phenoxy) is 1. The van der Waals surface area contributed by atoms with Gasteiger partial charge < -0.3 is 10.1 Å². The molecule has 0 spiro atoms. The number of hydrogen-bond donors (Lipinski definition) is 2. The van der Waals surface area contributed by atoms with Crippen LogP contribution in [0, 0.1) is 0 Å². The first-order chi connectivity index (χ1) is 8.93. The summed E-state index contributed by atoms with van der Waals surface area (Å²) < 4.78 is 4.70. The fraction of sp³-hybridized carbons (Fsp3) is 0.182. The van der Waals surface area contributed by atoms with E-state index in [0.717, 1.165) is 0 Å². The lowest BCUT2D eigenvalue weighted by Gasteiger charge is -2.06. The molecular formula is C11H10Cl2N2O4. The van der Waals surface area contributed by atoms with Gasteiger partial charge in [0.25, 0.3) is 5.91 Å². The van der Waals surface area contributed by atoms with Crippen LogP contribution in [0.5, 0.6) is 0 Å². The standard InChI is InChI=1S/C11H10Cl2N2O4/c1-14-11(18)15-9(16)5-19-10(17)7-3-2-6(12)4-8(7)13/h2-4H,5H2,1H3,(H2,14,15,16,18). The lowest BCUT2D eigenvalue weighted by Crippen LogP contribution is -2.39. The van der Waals surface area contributed by atoms with Crippen LogP contribution in [0.25, 0.3) is 0 Å². The van der Waals surface area contributed by atoms with Gasteiger partial charge in [-0.15, -0.1) is 0 Å². The molecule has 102 valence electrons. The third-order valence-corrected chi connectivity index (χ3v) is 2.51. The molecule has 0 aliphatic carbocycles. The number of carbonyl (C=O) groups is 3. The van der Waals surface area contributed by atoms with E-state index >= 15 is 0 Å². The lowest BCUT2D eigenvalue weighted by molar-refractivity contribution is -0.123. The molecule has 8 heteroatoms. The summed E-state index contributed by atoms with van der Waals surface area (Å²) in [5.41, 5.74) is 0.0822. The summed E-state index contributed by atoms with van der Waals surface area (Å²) in [5.74, 6) is -1.54. The molecule has 0 aliphatic heterocycles. The molecule has 0 bridgehead atoms. The number of benzene rings is 1. The number of imide groups is 1. The van der Waals surface area contributed by atoms with Crippen molar-refractivity contribution >= 4 is 41.1 Å². The Labute approximate surface area is 119 Å². The molecular weight excluding hydrogens is 295 g/mol. The summed E-state index contributed by atoms with van der Waals surface area (Å²) in [4.78, 5) is 33.6. The molecule has 0 aliphatic rings. The summed E-state index contributed by atoms with van der Waals surface area (Å²) >= 11 is 11.5. The van der Waals surface area contributed by atoms with Crippen molar-refractivity contribution < 1.29 is 19.1 Å². The number of esters is 1. The highest BCUT2D eigenvalue weighted by Gasteiger charge is 2.14. The summed E-state index contributed by atoms with van der Waals surface area (Å²) in [6, 6.07) is 3.54. The van der Waals surface area contributed by atoms with Crippen molar-refractivity contribution in [2.45, 2.75) is 0 Å². The predicted octanol–water partition coefficient (Wildman–Crippen LogP) is 1.61. The van der Waals surface area contributed by atoms with Gasteiger partial charge in [-0.05, 0) is 18.2 Å². The van der Waals surface area contributed by atoms with Gasteiger partial charge in [-0.3, -0.25) is 10.1 Å². The molecule has 0 saturated carbocycles. The van der Waals surface area contributed by atoms with E-state index in [1.807, 2.05) is 5.32 Å². The minimum absolute atomic E-state index is 0.0822. The highest BCUT2D eigenvalue weighted by Crippen LogP contribution is 2.21. The Balaban J connectivity index is 2.56. The molecule has 1 aromatic rings. The fourth-order valence-corrected chi connectivity index (χ4v) is 1.57. The maximum Gasteiger partial charge on any atom is 0.340 e. The number of urea groups is 1. The van der Waals surface area contributed by atoms with Crippen molar-refractivity contribution in [3.05, 3.63) is 33.8 Å². The first-order valence-electron chi connectivity index (χ1n) is 5.07. The van der Waals surface area contributed by atoms with Gasteiger partial charge in [-0.25, -0.2) is 9.59 Å². The first kappa shape index (κ1) is 15.3. The predicted molar refractivity (Wildman–Crippen MR) is 69.3 cm³/mol. The Bertz CT molecular complexity index is 519. The number of halogens is 2. The zero-order valence-corrected chi connectivity index (χ0v) is 11.3. The largest absolute Gasteiger partial charge is 0.452 e. The summed E-state index contributed by atoms with van der Waals surface area (Å²) in [7, 11) is 1.35. The fourth-order valence-electron chi connectivity index (χ4n) is 1.09. The molecule has 0 fully saturated rings. The van der Waals surface area contributed by atoms with Crippen molar-refractivity contribution in [3.8, 4) is 0 Å². The SMILES string of the molecule is CNC(=O)NC(=O)COC(=O)c1ccc(Cl)cc1Cl. The van der Waals surface area contributed by atoms with Crippen LogP contribution in [-0.2, 0) is 9.53 Å². The number of amides is 3. The maximum absolute atomic E-state index is 11.6. The summed E-state index contributed by atoms with van der Waals surface area (Å²) in [5, 5.41) is 4.61. The molecule has 0 unspecified atom stereocenters. The normalized spacial score (nSPS) is 9.63. The molecule has 0 radical (unpaired) electrons. The molecule has 6 nitrogen and oxygen atoms in total. The van der Waals surface area contributed by atoms with Crippen LogP contribution >= 0.6 is 23.2 Å². The van der Waals surface area contributed by atoms with E-state index in [2.05, 4.69) is 5.32 Å². The maximum atomic E-state index is 11.6. The zero-order chi connectivity index (χ0) is 14.4. The van der Waals surface area contributed by atoms with E-state index in [-0.39, 0.29) is 10.6 Å². The summed E-state index contributed by atoms with van der Waals surface area (Å²) in [6.45, 7) is -0.592. The Morgan fingerprint density at radius 3 is 2.53 bits per heavy atom. The van der Waals surface area contributed by atoms with E-state index in [1.165, 1.54) is 25.2 Å². The molecule has 1 rings (SSSR count). The molecule has 3 amide bonds. The van der Waals surface area contributed by atoms with Crippen molar-refractivity contribution in [2.24, 2.45) is 0 Å². The Morgan fingerprint density at radius 2 is 1.95 bits per heavy atom. The lowest BCUT2D eigenvalue weighted by atomic mass is 10.2. The topological polar surface area (TPSA) is 84.5 Å². The molecule has 0 aromatic heterocycles. The molecule has 2 N–H and O–H groups in total. The number of rotatable bonds is 3. The Kier molecular flexibility index (Phi) is 5.59. The molecule has 19 heavy (non-hydrogen) atoms. The van der Waals surface area contributed by atoms with E-state index < -0.39 is 24.5 Å². The quantitative estimate of drug-likeness (QED) is 0.831. The van der Waals surface area contributed by atoms with Crippen molar-refractivity contribution in [2.75, 3.05) is 13.7 Å². The minimum Gasteiger partial charge on any atom is -0.452 e. The molecule has 0 saturated heterocycles. The minimum atomic E-state index is -0.784. The second-order valence-electron chi connectivity index (χ2n) is 3.33. The van der Waals surface area contributed by atoms with Crippen LogP contribution in [0.2, 0.25) is 10.0 Å². The van der Waals surface area contributed by atoms with Gasteiger partial charge in [0, 0.05) is 12.1 Å². The Hall–Kier alpha value is -1.79. The monoisotopic (exact) mass is 304 g/mol. The average Bonchev–Trinajstić information content (AvgIpc) is 2.35. The second kappa shape index (κ2) is 6.96. The molecule has 0 atom stereocenters. The third-order valence-electron chi connectivity index (χ3n) is 1.97. The van der Waals surface area contributed by atoms with Crippen LogP contribution in [-0.4, -0.2) is 31.6 Å².